The van der Waals surface area contributed by atoms with Crippen molar-refractivity contribution in [3.05, 3.63) is 141 Å². The predicted octanol–water partition coefficient (Wildman–Crippen LogP) is 3.67. The number of carbonyl (C=O) groups is 3. The summed E-state index contributed by atoms with van der Waals surface area (Å²) in [5.41, 5.74) is 9.43. The van der Waals surface area contributed by atoms with Crippen LogP contribution in [0.15, 0.2) is 113 Å². The van der Waals surface area contributed by atoms with Gasteiger partial charge in [-0.25, -0.2) is 31.3 Å². The number of hydrogen-bond donors (Lipinski definition) is 5. The zero-order valence-corrected chi connectivity index (χ0v) is 37.1. The first-order valence-corrected chi connectivity index (χ1v) is 23.6. The Morgan fingerprint density at radius 2 is 1.44 bits per heavy atom. The first kappa shape index (κ1) is 47.0. The lowest BCUT2D eigenvalue weighted by molar-refractivity contribution is -0.130. The molecule has 0 aliphatic rings. The monoisotopic (exact) mass is 902 g/mol. The van der Waals surface area contributed by atoms with Crippen LogP contribution < -0.4 is 30.5 Å². The Morgan fingerprint density at radius 1 is 0.806 bits per heavy atom. The summed E-state index contributed by atoms with van der Waals surface area (Å²) in [7, 11) is -6.68. The number of nitrogens with two attached hydrogens (primary N) is 1. The van der Waals surface area contributed by atoms with E-state index in [0.29, 0.717) is 39.1 Å². The van der Waals surface area contributed by atoms with Crippen molar-refractivity contribution in [3.63, 3.8) is 0 Å². The average Bonchev–Trinajstić information content (AvgIpc) is 3.78. The molecule has 2 aromatic heterocycles. The third-order valence-electron chi connectivity index (χ3n) is 9.83. The molecule has 328 valence electrons. The highest BCUT2D eigenvalue weighted by Crippen LogP contribution is 2.30. The Kier molecular flexibility index (Phi) is 16.4. The molecule has 0 unspecified atom stereocenters. The standard InChI is InChI=1S/C43H50N8O8S3/c1-28-23-37(59-4)29(2)30(3)39(28)62(57,58)51-43(44)47-20-12-18-34(38(52)42-46-21-22-60-42)48-40(53)35(25-33-17-11-19-45-26-33)49-41(54)36(24-31-13-7-5-8-14-31)50-61(55,56)27-32-15-9-6-10-16-32/h5-11,13-17,19,21-23,26,34-36,50H,12,18,20,24-25,27H2,1-4H3,(H,48,53)(H,49,54)(H3,44,47,51)/t34-,35-,36+/m0/s1. The lowest BCUT2D eigenvalue weighted by Crippen LogP contribution is -2.57. The van der Waals surface area contributed by atoms with Gasteiger partial charge in [-0.1, -0.05) is 66.7 Å². The fourth-order valence-electron chi connectivity index (χ4n) is 6.72. The molecule has 0 bridgehead atoms. The van der Waals surface area contributed by atoms with E-state index in [9.17, 15) is 31.2 Å². The second kappa shape index (κ2) is 21.7. The van der Waals surface area contributed by atoms with E-state index in [1.165, 1.54) is 19.5 Å². The number of aromatic nitrogens is 2. The third-order valence-corrected chi connectivity index (χ3v) is 13.6. The SMILES string of the molecule is COc1cc(C)c(S(=O)(=O)NC(N)=NCCC[C@H](NC(=O)[C@H](Cc2cccnc2)NC(=O)[C@@H](Cc2ccccc2)NS(=O)(=O)Cc2ccccc2)C(=O)c2nccs2)c(C)c1C. The van der Waals surface area contributed by atoms with Gasteiger partial charge < -0.3 is 21.1 Å². The average molecular weight is 903 g/mol. The minimum Gasteiger partial charge on any atom is -0.496 e. The number of sulfonamides is 2. The van der Waals surface area contributed by atoms with Crippen LogP contribution in [0.2, 0.25) is 0 Å². The van der Waals surface area contributed by atoms with Crippen molar-refractivity contribution in [2.75, 3.05) is 13.7 Å². The number of hydrogen-bond acceptors (Lipinski definition) is 12. The van der Waals surface area contributed by atoms with Gasteiger partial charge in [-0.05, 0) is 85.5 Å². The summed E-state index contributed by atoms with van der Waals surface area (Å²) >= 11 is 1.09. The largest absolute Gasteiger partial charge is 0.496 e. The minimum absolute atomic E-state index is 0.0220. The summed E-state index contributed by atoms with van der Waals surface area (Å²) in [4.78, 5) is 54.7. The number of ether oxygens (including phenoxy) is 1. The molecule has 3 aromatic carbocycles. The van der Waals surface area contributed by atoms with E-state index >= 15 is 0 Å². The van der Waals surface area contributed by atoms with Crippen molar-refractivity contribution in [2.45, 2.75) is 75.2 Å². The minimum atomic E-state index is -4.13. The molecule has 5 rings (SSSR count). The third kappa shape index (κ3) is 13.2. The first-order chi connectivity index (χ1) is 29.6. The van der Waals surface area contributed by atoms with Gasteiger partial charge in [0, 0.05) is 36.9 Å². The number of aryl methyl sites for hydroxylation is 1. The number of rotatable bonds is 21. The number of amides is 2. The van der Waals surface area contributed by atoms with E-state index in [0.717, 1.165) is 11.3 Å². The van der Waals surface area contributed by atoms with Gasteiger partial charge in [0.15, 0.2) is 5.01 Å². The van der Waals surface area contributed by atoms with Crippen LogP contribution in [0.4, 0.5) is 0 Å². The molecule has 0 saturated heterocycles. The highest BCUT2D eigenvalue weighted by Gasteiger charge is 2.32. The molecular formula is C43H50N8O8S3. The molecule has 6 N–H and O–H groups in total. The fourth-order valence-corrected chi connectivity index (χ4v) is 10.2. The van der Waals surface area contributed by atoms with Crippen LogP contribution in [0.1, 0.15) is 56.0 Å². The number of methoxy groups -OCH3 is 1. The molecule has 0 radical (unpaired) electrons. The molecule has 2 amide bonds. The number of Topliss-reactive ketones (excluding diaryl/α,β-unsaturated/α-hetero) is 1. The summed E-state index contributed by atoms with van der Waals surface area (Å²) in [5, 5.41) is 7.28. The molecule has 2 heterocycles. The number of benzene rings is 3. The van der Waals surface area contributed by atoms with Gasteiger partial charge in [-0.3, -0.25) is 24.4 Å². The van der Waals surface area contributed by atoms with E-state index in [1.54, 1.807) is 111 Å². The fraction of sp³-hybridized carbons (Fsp3) is 0.302. The molecule has 16 nitrogen and oxygen atoms in total. The van der Waals surface area contributed by atoms with Crippen molar-refractivity contribution >= 4 is 54.9 Å². The maximum atomic E-state index is 14.2. The molecule has 5 aromatic rings. The molecule has 0 aliphatic heterocycles. The quantitative estimate of drug-likeness (QED) is 0.0308. The highest BCUT2D eigenvalue weighted by molar-refractivity contribution is 7.90. The second-order valence-corrected chi connectivity index (χ2v) is 18.8. The molecule has 62 heavy (non-hydrogen) atoms. The van der Waals surface area contributed by atoms with E-state index in [2.05, 4.69) is 35.0 Å². The number of pyridine rings is 1. The molecular weight excluding hydrogens is 853 g/mol. The van der Waals surface area contributed by atoms with Gasteiger partial charge in [0.25, 0.3) is 10.0 Å². The Hall–Kier alpha value is -6.02. The van der Waals surface area contributed by atoms with Gasteiger partial charge in [0.2, 0.25) is 33.6 Å². The van der Waals surface area contributed by atoms with Crippen LogP contribution in [-0.2, 0) is 48.2 Å². The predicted molar refractivity (Wildman–Crippen MR) is 238 cm³/mol. The summed E-state index contributed by atoms with van der Waals surface area (Å²) in [6.45, 7) is 5.05. The molecule has 0 saturated carbocycles. The first-order valence-electron chi connectivity index (χ1n) is 19.6. The van der Waals surface area contributed by atoms with Crippen LogP contribution in [0.25, 0.3) is 0 Å². The van der Waals surface area contributed by atoms with E-state index < -0.39 is 55.8 Å². The van der Waals surface area contributed by atoms with Crippen LogP contribution in [0.3, 0.4) is 0 Å². The van der Waals surface area contributed by atoms with Crippen LogP contribution >= 0.6 is 11.3 Å². The molecule has 0 aliphatic carbocycles. The van der Waals surface area contributed by atoms with Gasteiger partial charge in [-0.2, -0.15) is 0 Å². The number of aliphatic imine (C=N–C) groups is 1. The zero-order valence-electron chi connectivity index (χ0n) is 34.7. The second-order valence-electron chi connectivity index (χ2n) is 14.5. The van der Waals surface area contributed by atoms with E-state index in [4.69, 9.17) is 10.5 Å². The van der Waals surface area contributed by atoms with Crippen LogP contribution in [-0.4, -0.2) is 82.1 Å². The van der Waals surface area contributed by atoms with Gasteiger partial charge >= 0.3 is 0 Å². The van der Waals surface area contributed by atoms with Crippen LogP contribution in [0, 0.1) is 20.8 Å². The van der Waals surface area contributed by atoms with Gasteiger partial charge in [0.1, 0.15) is 17.8 Å². The Morgan fingerprint density at radius 3 is 2.06 bits per heavy atom. The Balaban J connectivity index is 1.34. The molecule has 3 atom stereocenters. The molecule has 0 spiro atoms. The number of nitrogens with zero attached hydrogens (tertiary/aromatic N) is 3. The number of ketones is 1. The molecule has 19 heteroatoms. The topological polar surface area (TPSA) is 241 Å². The number of thiazole rings is 1. The van der Waals surface area contributed by atoms with E-state index in [1.807, 2.05) is 0 Å². The lowest BCUT2D eigenvalue weighted by Gasteiger charge is -2.25. The highest BCUT2D eigenvalue weighted by atomic mass is 32.2. The molecule has 0 fully saturated rings. The van der Waals surface area contributed by atoms with Crippen molar-refractivity contribution in [1.29, 1.82) is 0 Å². The maximum absolute atomic E-state index is 14.2. The number of guanidine groups is 1. The summed E-state index contributed by atoms with van der Waals surface area (Å²) in [6.07, 6.45) is 4.68. The normalized spacial score (nSPS) is 13.4. The zero-order chi connectivity index (χ0) is 44.9. The van der Waals surface area contributed by atoms with Gasteiger partial charge in [0.05, 0.1) is 23.8 Å². The summed E-state index contributed by atoms with van der Waals surface area (Å²) in [5.74, 6) is -2.18. The Bertz CT molecular complexity index is 2560. The number of carbonyl (C=O) groups excluding carboxylic acids is 3. The summed E-state index contributed by atoms with van der Waals surface area (Å²) in [6, 6.07) is 18.7. The van der Waals surface area contributed by atoms with Crippen molar-refractivity contribution < 1.29 is 36.0 Å². The lowest BCUT2D eigenvalue weighted by atomic mass is 10.0. The van der Waals surface area contributed by atoms with Crippen molar-refractivity contribution in [2.24, 2.45) is 10.7 Å². The summed E-state index contributed by atoms with van der Waals surface area (Å²) < 4.78 is 63.9. The smallest absolute Gasteiger partial charge is 0.264 e. The van der Waals surface area contributed by atoms with Crippen molar-refractivity contribution in [3.8, 4) is 5.75 Å². The Labute approximate surface area is 365 Å². The van der Waals surface area contributed by atoms with E-state index in [-0.39, 0.29) is 53.8 Å². The number of nitrogens with one attached hydrogen (secondary N) is 4. The van der Waals surface area contributed by atoms with Crippen molar-refractivity contribution in [1.82, 2.24) is 30.0 Å². The van der Waals surface area contributed by atoms with Crippen LogP contribution in [0.5, 0.6) is 5.75 Å². The van der Waals surface area contributed by atoms with Gasteiger partial charge in [-0.15, -0.1) is 11.3 Å². The maximum Gasteiger partial charge on any atom is 0.264 e.